The molecule has 8 N–H and O–H groups in total. The number of amides is 3. The number of carbonyl (C=O) groups is 3. The fourth-order valence-electron chi connectivity index (χ4n) is 18.0. The molecule has 2 aliphatic carbocycles. The maximum Gasteiger partial charge on any atom is 0.417 e. The van der Waals surface area contributed by atoms with Crippen molar-refractivity contribution < 1.29 is 59.0 Å². The summed E-state index contributed by atoms with van der Waals surface area (Å²) in [5.41, 5.74) is 17.2. The lowest BCUT2D eigenvalue weighted by molar-refractivity contribution is -0.138. The van der Waals surface area contributed by atoms with Gasteiger partial charge in [-0.3, -0.25) is 47.1 Å². The number of hydrogen-bond acceptors (Lipinski definition) is 27. The molecule has 0 radical (unpaired) electrons. The smallest absolute Gasteiger partial charge is 0.417 e. The number of nitrogens with two attached hydrogens (primary N) is 2. The van der Waals surface area contributed by atoms with Gasteiger partial charge in [-0.05, 0) is 119 Å². The van der Waals surface area contributed by atoms with E-state index in [0.29, 0.717) is 150 Å². The molecule has 0 bridgehead atoms. The molecule has 5 aliphatic heterocycles. The number of methoxy groups -OCH3 is 1. The minimum atomic E-state index is -4.50. The van der Waals surface area contributed by atoms with Crippen molar-refractivity contribution in [3.63, 3.8) is 0 Å². The third kappa shape index (κ3) is 18.5. The molecule has 22 rings (SSSR count). The number of ether oxygens (including phenoxy) is 2. The summed E-state index contributed by atoms with van der Waals surface area (Å²) in [6.45, 7) is 11.7. The average Bonchev–Trinajstić information content (AvgIpc) is 1.62. The van der Waals surface area contributed by atoms with E-state index in [1.54, 1.807) is 72.7 Å². The lowest BCUT2D eigenvalue weighted by Crippen LogP contribution is -2.61. The Balaban J connectivity index is 0.000000116. The Labute approximate surface area is 758 Å². The zero-order valence-electron chi connectivity index (χ0n) is 72.6. The minimum Gasteiger partial charge on any atom is -0.481 e. The topological polar surface area (TPSA) is 408 Å². The number of aromatic amines is 2. The number of primary amides is 2. The molecule has 20 heterocycles. The van der Waals surface area contributed by atoms with Gasteiger partial charge in [0.1, 0.15) is 92.4 Å². The maximum atomic E-state index is 14.3. The molecule has 7 fully saturated rings. The predicted octanol–water partition coefficient (Wildman–Crippen LogP) is 10.1. The SMILES string of the molecule is CC1C(C(N)=O)NCCN1c1ccnc(-c2cnc3cc(F)c(C4CC4)cn23)n1.COc1cc(C(=O)N2CCN(c3ccnc(-c4cnc5ccc(C(F)(F)F)cn45)n3)CC2c2cn[nH]c2)ccn1.C[C@H]1[C@H](C(N)=O)NCCN1c1ccnc(-c2cnc3cc(F)c(C4CC4)cn23)n1.FC(F)(F)c1ccc2ncc(-c3nccc(N4CCN(C5CCOCC5)C(c5cn[nH]c5)C4)n3)n2c1. The van der Waals surface area contributed by atoms with Crippen molar-refractivity contribution in [2.45, 2.75) is 119 Å². The highest BCUT2D eigenvalue weighted by Crippen LogP contribution is 2.44. The molecule has 4 unspecified atom stereocenters. The van der Waals surface area contributed by atoms with E-state index in [4.69, 9.17) is 35.9 Å². The molecule has 6 atom stereocenters. The zero-order chi connectivity index (χ0) is 92.8. The second kappa shape index (κ2) is 37.2. The molecule has 44 heteroatoms. The normalized spacial score (nSPS) is 19.8. The van der Waals surface area contributed by atoms with Gasteiger partial charge in [0.15, 0.2) is 23.3 Å². The van der Waals surface area contributed by atoms with Gasteiger partial charge in [0.2, 0.25) is 17.7 Å². The lowest BCUT2D eigenvalue weighted by Gasteiger charge is -2.46. The lowest BCUT2D eigenvalue weighted by atomic mass is 9.99. The monoisotopic (exact) mass is 1840 g/mol. The summed E-state index contributed by atoms with van der Waals surface area (Å²) >= 11 is 0. The summed E-state index contributed by atoms with van der Waals surface area (Å²) in [6, 6.07) is 17.1. The summed E-state index contributed by atoms with van der Waals surface area (Å²) in [5, 5.41) is 20.3. The average molecular weight is 1840 g/mol. The van der Waals surface area contributed by atoms with Gasteiger partial charge in [-0.15, -0.1) is 0 Å². The number of imidazole rings is 4. The second-order valence-electron chi connectivity index (χ2n) is 33.7. The van der Waals surface area contributed by atoms with E-state index in [-0.39, 0.29) is 71.2 Å². The van der Waals surface area contributed by atoms with Crippen molar-refractivity contribution in [2.24, 2.45) is 11.5 Å². The Morgan fingerprint density at radius 3 is 1.31 bits per heavy atom. The molecule has 0 spiro atoms. The molecule has 692 valence electrons. The molecular weight excluding hydrogens is 1750 g/mol. The van der Waals surface area contributed by atoms with Crippen molar-refractivity contribution in [1.82, 2.24) is 123 Å². The molecular formula is C90H91F8N31O5. The first-order chi connectivity index (χ1) is 64.8. The van der Waals surface area contributed by atoms with Crippen molar-refractivity contribution in [1.29, 1.82) is 0 Å². The van der Waals surface area contributed by atoms with Gasteiger partial charge in [0.25, 0.3) is 5.91 Å². The van der Waals surface area contributed by atoms with Gasteiger partial charge in [-0.25, -0.2) is 73.6 Å². The van der Waals surface area contributed by atoms with Gasteiger partial charge < -0.3 is 56.1 Å². The number of pyridine rings is 5. The van der Waals surface area contributed by atoms with Gasteiger partial charge in [-0.2, -0.15) is 36.5 Å². The van der Waals surface area contributed by atoms with Crippen molar-refractivity contribution >= 4 is 63.6 Å². The molecule has 5 saturated heterocycles. The van der Waals surface area contributed by atoms with E-state index in [1.807, 2.05) is 70.5 Å². The first-order valence-corrected chi connectivity index (χ1v) is 43.8. The third-order valence-corrected chi connectivity index (χ3v) is 25.4. The van der Waals surface area contributed by atoms with Crippen LogP contribution in [0.2, 0.25) is 0 Å². The molecule has 2 saturated carbocycles. The van der Waals surface area contributed by atoms with Crippen LogP contribution in [0.25, 0.3) is 68.7 Å². The molecule has 15 aromatic rings. The number of nitrogens with zero attached hydrogens (tertiary/aromatic N) is 25. The van der Waals surface area contributed by atoms with Crippen LogP contribution < -0.4 is 46.4 Å². The number of rotatable bonds is 17. The maximum absolute atomic E-state index is 14.3. The number of fused-ring (bicyclic) bond motifs is 4. The van der Waals surface area contributed by atoms with Gasteiger partial charge in [0.05, 0.1) is 79.6 Å². The summed E-state index contributed by atoms with van der Waals surface area (Å²) in [4.78, 5) is 107. The molecule has 134 heavy (non-hydrogen) atoms. The summed E-state index contributed by atoms with van der Waals surface area (Å²) in [7, 11) is 1.49. The highest BCUT2D eigenvalue weighted by atomic mass is 19.4. The van der Waals surface area contributed by atoms with Crippen LogP contribution in [0.3, 0.4) is 0 Å². The third-order valence-electron chi connectivity index (χ3n) is 25.4. The van der Waals surface area contributed by atoms with Crippen molar-refractivity contribution in [2.75, 3.05) is 105 Å². The summed E-state index contributed by atoms with van der Waals surface area (Å²) < 4.78 is 126. The Hall–Kier alpha value is -14.7. The molecule has 0 aromatic carbocycles. The second-order valence-corrected chi connectivity index (χ2v) is 33.7. The van der Waals surface area contributed by atoms with Crippen LogP contribution >= 0.6 is 0 Å². The van der Waals surface area contributed by atoms with Crippen molar-refractivity contribution in [3.05, 3.63) is 229 Å². The van der Waals surface area contributed by atoms with E-state index in [9.17, 15) is 49.5 Å². The number of halogens is 8. The molecule has 15 aromatic heterocycles. The highest BCUT2D eigenvalue weighted by molar-refractivity contribution is 5.95. The number of hydrogen-bond donors (Lipinski definition) is 6. The van der Waals surface area contributed by atoms with Crippen LogP contribution in [0.15, 0.2) is 178 Å². The minimum absolute atomic E-state index is 0.129. The fraction of sp³-hybridized carbons (Fsp3) is 0.356. The first kappa shape index (κ1) is 88.6. The van der Waals surface area contributed by atoms with Crippen LogP contribution in [0, 0.1) is 11.6 Å². The van der Waals surface area contributed by atoms with E-state index in [0.717, 1.165) is 118 Å². The Morgan fingerprint density at radius 1 is 0.463 bits per heavy atom. The van der Waals surface area contributed by atoms with Crippen molar-refractivity contribution in [3.8, 4) is 52.0 Å². The van der Waals surface area contributed by atoms with E-state index in [1.165, 1.54) is 58.8 Å². The van der Waals surface area contributed by atoms with Crippen LogP contribution in [-0.4, -0.2) is 246 Å². The standard InChI is InChI=1S/C26H22F3N9O2.C24H25F3N8O.2C20H22FN7O/c1-40-23-10-16(4-6-30-23)25(39)37-9-8-36(15-20(37)17-11-33-34-12-17)22-5-7-31-24(35-22)19-13-32-21-3-2-18(14-38(19)21)26(27,28)29;25-24(26,27)17-1-2-21-29-13-19(35(21)14-17)23-28-6-3-22(32-23)33-7-8-34(18-4-9-36-10-5-18)20(15-33)16-11-30-31-12-16;2*1-11-18(19(22)29)23-6-7-27(11)16-4-5-24-20(26-16)15-9-25-17-8-14(21)13(10-28(15)17)12-2-3-12/h2-7,10-14,20H,8-9,15H2,1H3,(H,33,34);1-3,6,11-14,18,20H,4-5,7-10,15H2,(H,30,31);2*4-5,8-12,18,23H,2-3,6-7H2,1H3,(H2,22,29)/t;;11-,18+;/m..0./s1. The van der Waals surface area contributed by atoms with Crippen LogP contribution in [0.1, 0.15) is 120 Å². The fourth-order valence-corrected chi connectivity index (χ4v) is 18.0. The predicted molar refractivity (Wildman–Crippen MR) is 474 cm³/mol. The van der Waals surface area contributed by atoms with Gasteiger partial charge in [-0.1, -0.05) is 0 Å². The Kier molecular flexibility index (Phi) is 24.6. The number of aromatic nitrogens is 21. The molecule has 3 amide bonds. The van der Waals surface area contributed by atoms with Gasteiger partial charge in [0, 0.05) is 199 Å². The number of anilines is 4. The molecule has 7 aliphatic rings. The van der Waals surface area contributed by atoms with Crippen LogP contribution in [0.5, 0.6) is 5.88 Å². The number of piperazine rings is 4. The first-order valence-electron chi connectivity index (χ1n) is 43.8. The Morgan fingerprint density at radius 2 is 0.881 bits per heavy atom. The van der Waals surface area contributed by atoms with E-state index >= 15 is 0 Å². The highest BCUT2D eigenvalue weighted by Gasteiger charge is 2.41. The van der Waals surface area contributed by atoms with Crippen LogP contribution in [-0.2, 0) is 26.7 Å². The quantitative estimate of drug-likeness (QED) is 0.0461. The number of nitrogens with one attached hydrogen (secondary N) is 4. The Bertz CT molecular complexity index is 6600. The van der Waals surface area contributed by atoms with E-state index < -0.39 is 35.6 Å². The number of H-pyrrole nitrogens is 2. The molecule has 36 nitrogen and oxygen atoms in total. The van der Waals surface area contributed by atoms with E-state index in [2.05, 4.69) is 100 Å². The number of alkyl halides is 6. The summed E-state index contributed by atoms with van der Waals surface area (Å²) in [5.74, 6) is 3.84. The number of carbonyl (C=O) groups excluding carboxylic acids is 3. The zero-order valence-corrected chi connectivity index (χ0v) is 72.6. The van der Waals surface area contributed by atoms with Crippen LogP contribution in [0.4, 0.5) is 58.4 Å². The largest absolute Gasteiger partial charge is 0.481 e. The summed E-state index contributed by atoms with van der Waals surface area (Å²) in [6.07, 6.45) is 24.3. The van der Waals surface area contributed by atoms with Gasteiger partial charge >= 0.3 is 12.4 Å².